The van der Waals surface area contributed by atoms with Crippen LogP contribution in [0, 0.1) is 0 Å². The van der Waals surface area contributed by atoms with Crippen LogP contribution in [0.3, 0.4) is 0 Å². The number of aromatic nitrogens is 2. The number of amides is 1. The number of benzene rings is 2. The highest BCUT2D eigenvalue weighted by Gasteiger charge is 2.23. The van der Waals surface area contributed by atoms with Gasteiger partial charge in [0.2, 0.25) is 6.41 Å². The molecular formula is C31H43N7O. The molecule has 1 N–H and O–H groups in total. The lowest BCUT2D eigenvalue weighted by atomic mass is 9.91. The minimum absolute atomic E-state index is 0.413. The van der Waals surface area contributed by atoms with Crippen molar-refractivity contribution in [2.75, 3.05) is 81.1 Å². The smallest absolute Gasteiger partial charge is 0.209 e. The monoisotopic (exact) mass is 529 g/mol. The van der Waals surface area contributed by atoms with E-state index in [1.54, 1.807) is 6.33 Å². The van der Waals surface area contributed by atoms with Crippen molar-refractivity contribution < 1.29 is 4.79 Å². The Hall–Kier alpha value is -3.39. The molecule has 208 valence electrons. The first kappa shape index (κ1) is 27.2. The van der Waals surface area contributed by atoms with Crippen LogP contribution in [0.15, 0.2) is 48.8 Å². The van der Waals surface area contributed by atoms with Gasteiger partial charge in [0.15, 0.2) is 0 Å². The Morgan fingerprint density at radius 3 is 2.15 bits per heavy atom. The number of carbonyl (C=O) groups is 1. The molecule has 3 aliphatic rings. The van der Waals surface area contributed by atoms with Crippen LogP contribution in [-0.2, 0) is 4.79 Å². The van der Waals surface area contributed by atoms with E-state index in [4.69, 9.17) is 0 Å². The molecule has 0 bridgehead atoms. The van der Waals surface area contributed by atoms with Crippen molar-refractivity contribution in [3.05, 3.63) is 54.5 Å². The molecule has 0 saturated carbocycles. The topological polar surface area (TPSA) is 67.8 Å². The second-order valence-corrected chi connectivity index (χ2v) is 10.8. The number of piperazine rings is 1. The number of likely N-dealkylation sites (N-methyl/N-ethyl adjacent to an activating group) is 1. The standard InChI is InChI=1S/C20H27N5O.C11H16N2/c1-2-23-9-11-25(12-10-23)17-3-4-18-19(13-17)21-14-22-20(18)16-5-7-24(15-26)8-6-16;1-12-10-4-6-11(7-5-10)13-8-2-3-9-13/h3-4,13-16H,2,5-12H2,1H3;4-7,12H,2-3,8-9H2,1H3. The Kier molecular flexibility index (Phi) is 9.14. The van der Waals surface area contributed by atoms with E-state index in [0.29, 0.717) is 5.92 Å². The molecule has 6 rings (SSSR count). The number of nitrogens with zero attached hydrogens (tertiary/aromatic N) is 6. The molecular weight excluding hydrogens is 486 g/mol. The second kappa shape index (κ2) is 13.1. The SMILES string of the molecule is CCN1CCN(c2ccc3c(C4CCN(C=O)CC4)ncnc3c2)CC1.CNc1ccc(N2CCCC2)cc1. The predicted octanol–water partition coefficient (Wildman–Crippen LogP) is 4.44. The zero-order valence-electron chi connectivity index (χ0n) is 23.6. The lowest BCUT2D eigenvalue weighted by Gasteiger charge is -2.35. The Morgan fingerprint density at radius 2 is 1.51 bits per heavy atom. The Balaban J connectivity index is 0.000000198. The molecule has 0 spiro atoms. The van der Waals surface area contributed by atoms with Gasteiger partial charge in [-0.1, -0.05) is 6.92 Å². The van der Waals surface area contributed by atoms with Crippen LogP contribution in [-0.4, -0.2) is 92.1 Å². The minimum Gasteiger partial charge on any atom is -0.388 e. The average Bonchev–Trinajstić information content (AvgIpc) is 3.56. The largest absolute Gasteiger partial charge is 0.388 e. The summed E-state index contributed by atoms with van der Waals surface area (Å²) in [7, 11) is 1.95. The number of rotatable bonds is 6. The van der Waals surface area contributed by atoms with Gasteiger partial charge in [0.05, 0.1) is 11.2 Å². The number of hydrogen-bond donors (Lipinski definition) is 1. The molecule has 1 amide bonds. The summed E-state index contributed by atoms with van der Waals surface area (Å²) in [6, 6.07) is 15.3. The van der Waals surface area contributed by atoms with Crippen LogP contribution in [0.4, 0.5) is 17.1 Å². The lowest BCUT2D eigenvalue weighted by molar-refractivity contribution is -0.119. The number of piperidine rings is 1. The first-order valence-corrected chi connectivity index (χ1v) is 14.6. The van der Waals surface area contributed by atoms with E-state index in [1.807, 2.05) is 11.9 Å². The summed E-state index contributed by atoms with van der Waals surface area (Å²) in [5, 5.41) is 4.29. The molecule has 8 heteroatoms. The van der Waals surface area contributed by atoms with E-state index in [1.165, 1.54) is 43.0 Å². The molecule has 8 nitrogen and oxygen atoms in total. The average molecular weight is 530 g/mol. The summed E-state index contributed by atoms with van der Waals surface area (Å²) >= 11 is 0. The summed E-state index contributed by atoms with van der Waals surface area (Å²) in [5.41, 5.74) is 5.97. The normalized spacial score (nSPS) is 18.7. The fourth-order valence-electron chi connectivity index (χ4n) is 6.00. The molecule has 39 heavy (non-hydrogen) atoms. The van der Waals surface area contributed by atoms with E-state index < -0.39 is 0 Å². The van der Waals surface area contributed by atoms with E-state index in [2.05, 4.69) is 79.4 Å². The van der Waals surface area contributed by atoms with E-state index in [9.17, 15) is 4.79 Å². The summed E-state index contributed by atoms with van der Waals surface area (Å²) in [4.78, 5) is 29.3. The molecule has 3 aliphatic heterocycles. The highest BCUT2D eigenvalue weighted by molar-refractivity contribution is 5.84. The first-order valence-electron chi connectivity index (χ1n) is 14.6. The van der Waals surface area contributed by atoms with Gasteiger partial charge in [0.25, 0.3) is 0 Å². The zero-order valence-corrected chi connectivity index (χ0v) is 23.6. The number of fused-ring (bicyclic) bond motifs is 1. The summed E-state index contributed by atoms with van der Waals surface area (Å²) in [5.74, 6) is 0.413. The van der Waals surface area contributed by atoms with Gasteiger partial charge < -0.3 is 24.9 Å². The molecule has 0 radical (unpaired) electrons. The Bertz CT molecular complexity index is 1200. The molecule has 3 saturated heterocycles. The fourth-order valence-corrected chi connectivity index (χ4v) is 6.00. The molecule has 4 heterocycles. The van der Waals surface area contributed by atoms with E-state index >= 15 is 0 Å². The highest BCUT2D eigenvalue weighted by atomic mass is 16.1. The summed E-state index contributed by atoms with van der Waals surface area (Å²) < 4.78 is 0. The van der Waals surface area contributed by atoms with Crippen molar-refractivity contribution in [2.24, 2.45) is 0 Å². The van der Waals surface area contributed by atoms with Gasteiger partial charge in [0.1, 0.15) is 6.33 Å². The van der Waals surface area contributed by atoms with Crippen molar-refractivity contribution in [3.8, 4) is 0 Å². The Morgan fingerprint density at radius 1 is 0.846 bits per heavy atom. The maximum atomic E-state index is 10.9. The highest BCUT2D eigenvalue weighted by Crippen LogP contribution is 2.32. The molecule has 0 atom stereocenters. The number of likely N-dealkylation sites (tertiary alicyclic amines) is 1. The maximum Gasteiger partial charge on any atom is 0.209 e. The third kappa shape index (κ3) is 6.61. The van der Waals surface area contributed by atoms with Crippen molar-refractivity contribution >= 4 is 34.4 Å². The summed E-state index contributed by atoms with van der Waals surface area (Å²) in [6.45, 7) is 11.8. The second-order valence-electron chi connectivity index (χ2n) is 10.8. The third-order valence-corrected chi connectivity index (χ3v) is 8.53. The first-order chi connectivity index (χ1) is 19.2. The number of carbonyl (C=O) groups excluding carboxylic acids is 1. The minimum atomic E-state index is 0.413. The van der Waals surface area contributed by atoms with E-state index in [-0.39, 0.29) is 0 Å². The van der Waals surface area contributed by atoms with Gasteiger partial charge in [-0.25, -0.2) is 9.97 Å². The summed E-state index contributed by atoms with van der Waals surface area (Å²) in [6.07, 6.45) is 7.29. The van der Waals surface area contributed by atoms with Crippen LogP contribution in [0.25, 0.3) is 10.9 Å². The number of anilines is 3. The van der Waals surface area contributed by atoms with Crippen LogP contribution in [0.5, 0.6) is 0 Å². The molecule has 3 fully saturated rings. The van der Waals surface area contributed by atoms with Gasteiger partial charge in [0, 0.05) is 87.8 Å². The van der Waals surface area contributed by atoms with Gasteiger partial charge in [-0.3, -0.25) is 4.79 Å². The number of hydrogen-bond acceptors (Lipinski definition) is 7. The predicted molar refractivity (Wildman–Crippen MR) is 161 cm³/mol. The molecule has 0 unspecified atom stereocenters. The molecule has 3 aromatic rings. The van der Waals surface area contributed by atoms with Gasteiger partial charge in [-0.15, -0.1) is 0 Å². The number of nitrogens with one attached hydrogen (secondary N) is 1. The van der Waals surface area contributed by atoms with Crippen LogP contribution < -0.4 is 15.1 Å². The van der Waals surface area contributed by atoms with Crippen LogP contribution in [0.1, 0.15) is 44.2 Å². The van der Waals surface area contributed by atoms with Crippen LogP contribution >= 0.6 is 0 Å². The van der Waals surface area contributed by atoms with Crippen molar-refractivity contribution in [3.63, 3.8) is 0 Å². The van der Waals surface area contributed by atoms with Crippen molar-refractivity contribution in [1.82, 2.24) is 19.8 Å². The fraction of sp³-hybridized carbons (Fsp3) is 0.516. The molecule has 0 aliphatic carbocycles. The van der Waals surface area contributed by atoms with Crippen LogP contribution in [0.2, 0.25) is 0 Å². The van der Waals surface area contributed by atoms with Crippen molar-refractivity contribution in [2.45, 2.75) is 38.5 Å². The van der Waals surface area contributed by atoms with Gasteiger partial charge in [-0.2, -0.15) is 0 Å². The Labute approximate surface area is 233 Å². The van der Waals surface area contributed by atoms with Crippen molar-refractivity contribution in [1.29, 1.82) is 0 Å². The van der Waals surface area contributed by atoms with E-state index in [0.717, 1.165) is 81.7 Å². The zero-order chi connectivity index (χ0) is 27.0. The quantitative estimate of drug-likeness (QED) is 0.474. The third-order valence-electron chi connectivity index (χ3n) is 8.53. The molecule has 1 aromatic heterocycles. The molecule has 2 aromatic carbocycles. The lowest BCUT2D eigenvalue weighted by Crippen LogP contribution is -2.46. The van der Waals surface area contributed by atoms with Gasteiger partial charge in [-0.05, 0) is 74.7 Å². The van der Waals surface area contributed by atoms with Gasteiger partial charge >= 0.3 is 0 Å². The maximum absolute atomic E-state index is 10.9.